The number of para-hydroxylation sites is 1. The van der Waals surface area contributed by atoms with Crippen molar-refractivity contribution < 1.29 is 27.8 Å². The highest BCUT2D eigenvalue weighted by atomic mass is 19.4. The number of halogens is 4. The lowest BCUT2D eigenvalue weighted by Crippen LogP contribution is -2.37. The Kier molecular flexibility index (Phi) is 5.13. The van der Waals surface area contributed by atoms with Gasteiger partial charge in [-0.2, -0.15) is 13.2 Å². The zero-order valence-electron chi connectivity index (χ0n) is 10.3. The van der Waals surface area contributed by atoms with Gasteiger partial charge in [-0.25, -0.2) is 4.39 Å². The van der Waals surface area contributed by atoms with Crippen molar-refractivity contribution in [1.82, 2.24) is 0 Å². The number of nitrogens with zero attached hydrogens (tertiary/aromatic N) is 1. The first-order valence-electron chi connectivity index (χ1n) is 5.65. The Balaban J connectivity index is 3.21. The summed E-state index contributed by atoms with van der Waals surface area (Å²) < 4.78 is 51.2. The molecule has 0 fully saturated rings. The highest BCUT2D eigenvalue weighted by Gasteiger charge is 2.32. The summed E-state index contributed by atoms with van der Waals surface area (Å²) in [5.41, 5.74) is -0.276. The maximum atomic E-state index is 13.8. The summed E-state index contributed by atoms with van der Waals surface area (Å²) in [4.78, 5) is 0.678. The molecular formula is C12H15F4NO2. The van der Waals surface area contributed by atoms with Crippen molar-refractivity contribution in [3.8, 4) is 0 Å². The summed E-state index contributed by atoms with van der Waals surface area (Å²) in [5.74, 6) is -0.865. The largest absolute Gasteiger partial charge is 0.405 e. The fourth-order valence-electron chi connectivity index (χ4n) is 1.81. The Hall–Kier alpha value is -1.34. The number of anilines is 1. The first-order valence-corrected chi connectivity index (χ1v) is 5.65. The molecule has 3 nitrogen and oxygen atoms in total. The third kappa shape index (κ3) is 4.36. The highest BCUT2D eigenvalue weighted by molar-refractivity contribution is 5.56. The van der Waals surface area contributed by atoms with Gasteiger partial charge in [0.2, 0.25) is 0 Å². The molecule has 7 heteroatoms. The van der Waals surface area contributed by atoms with Crippen LogP contribution < -0.4 is 4.90 Å². The molecule has 0 aliphatic rings. The zero-order chi connectivity index (χ0) is 14.6. The van der Waals surface area contributed by atoms with Crippen LogP contribution in [0.3, 0.4) is 0 Å². The van der Waals surface area contributed by atoms with Gasteiger partial charge in [0.15, 0.2) is 0 Å². The quantitative estimate of drug-likeness (QED) is 0.814. The lowest BCUT2D eigenvalue weighted by molar-refractivity contribution is -0.120. The minimum absolute atomic E-state index is 0.0534. The summed E-state index contributed by atoms with van der Waals surface area (Å²) in [6, 6.07) is 3.68. The Morgan fingerprint density at radius 2 is 1.95 bits per heavy atom. The fourth-order valence-corrected chi connectivity index (χ4v) is 1.81. The number of hydrogen-bond donors (Lipinski definition) is 2. The smallest absolute Gasteiger partial charge is 0.395 e. The standard InChI is InChI=1S/C12H15F4NO2/c1-8(19)9-3-2-4-10(13)11(9)17(5-6-18)7-12(14,15)16/h2-4,8,18-19H,5-7H2,1H3/t8-/m1/s1. The van der Waals surface area contributed by atoms with Crippen LogP contribution in [0.5, 0.6) is 0 Å². The van der Waals surface area contributed by atoms with Crippen molar-refractivity contribution in [3.63, 3.8) is 0 Å². The van der Waals surface area contributed by atoms with E-state index < -0.39 is 31.2 Å². The Morgan fingerprint density at radius 1 is 1.32 bits per heavy atom. The second kappa shape index (κ2) is 6.21. The van der Waals surface area contributed by atoms with E-state index in [2.05, 4.69) is 0 Å². The third-order valence-corrected chi connectivity index (χ3v) is 2.52. The number of rotatable bonds is 5. The second-order valence-corrected chi connectivity index (χ2v) is 4.11. The van der Waals surface area contributed by atoms with Crippen LogP contribution >= 0.6 is 0 Å². The van der Waals surface area contributed by atoms with Crippen molar-refractivity contribution in [2.75, 3.05) is 24.6 Å². The van der Waals surface area contributed by atoms with Gasteiger partial charge in [-0.15, -0.1) is 0 Å². The van der Waals surface area contributed by atoms with E-state index in [1.807, 2.05) is 0 Å². The predicted octanol–water partition coefficient (Wildman–Crippen LogP) is 2.24. The molecule has 2 N–H and O–H groups in total. The van der Waals surface area contributed by atoms with Crippen LogP contribution in [0.4, 0.5) is 23.2 Å². The van der Waals surface area contributed by atoms with Gasteiger partial charge in [-0.05, 0) is 13.0 Å². The highest BCUT2D eigenvalue weighted by Crippen LogP contribution is 2.31. The number of alkyl halides is 3. The molecule has 0 saturated heterocycles. The lowest BCUT2D eigenvalue weighted by atomic mass is 10.1. The maximum absolute atomic E-state index is 13.8. The van der Waals surface area contributed by atoms with Crippen molar-refractivity contribution in [1.29, 1.82) is 0 Å². The van der Waals surface area contributed by atoms with E-state index in [4.69, 9.17) is 5.11 Å². The van der Waals surface area contributed by atoms with E-state index in [0.29, 0.717) is 4.90 Å². The summed E-state index contributed by atoms with van der Waals surface area (Å²) in [6.07, 6.45) is -5.65. The van der Waals surface area contributed by atoms with Crippen LogP contribution in [0, 0.1) is 5.82 Å². The second-order valence-electron chi connectivity index (χ2n) is 4.11. The molecule has 1 aromatic rings. The van der Waals surface area contributed by atoms with Gasteiger partial charge in [0.1, 0.15) is 12.4 Å². The molecule has 1 rings (SSSR count). The molecule has 0 aliphatic carbocycles. The minimum Gasteiger partial charge on any atom is -0.395 e. The average molecular weight is 281 g/mol. The van der Waals surface area contributed by atoms with Gasteiger partial charge < -0.3 is 15.1 Å². The molecule has 19 heavy (non-hydrogen) atoms. The number of aliphatic hydroxyl groups excluding tert-OH is 2. The normalized spacial score (nSPS) is 13.4. The minimum atomic E-state index is -4.53. The topological polar surface area (TPSA) is 43.7 Å². The molecular weight excluding hydrogens is 266 g/mol. The van der Waals surface area contributed by atoms with Gasteiger partial charge in [-0.3, -0.25) is 0 Å². The molecule has 0 unspecified atom stereocenters. The first kappa shape index (κ1) is 15.7. The molecule has 0 saturated carbocycles. The maximum Gasteiger partial charge on any atom is 0.405 e. The Labute approximate surface area is 108 Å². The van der Waals surface area contributed by atoms with E-state index >= 15 is 0 Å². The lowest BCUT2D eigenvalue weighted by Gasteiger charge is -2.28. The Morgan fingerprint density at radius 3 is 2.42 bits per heavy atom. The summed E-state index contributed by atoms with van der Waals surface area (Å²) in [6.45, 7) is -0.985. The summed E-state index contributed by atoms with van der Waals surface area (Å²) >= 11 is 0. The van der Waals surface area contributed by atoms with Gasteiger partial charge in [-0.1, -0.05) is 12.1 Å². The number of hydrogen-bond acceptors (Lipinski definition) is 3. The van der Waals surface area contributed by atoms with E-state index in [-0.39, 0.29) is 17.8 Å². The van der Waals surface area contributed by atoms with Gasteiger partial charge in [0.25, 0.3) is 0 Å². The SMILES string of the molecule is C[C@@H](O)c1cccc(F)c1N(CCO)CC(F)(F)F. The van der Waals surface area contributed by atoms with E-state index in [9.17, 15) is 22.7 Å². The van der Waals surface area contributed by atoms with E-state index in [1.54, 1.807) is 0 Å². The average Bonchev–Trinajstić information content (AvgIpc) is 2.26. The molecule has 1 aromatic carbocycles. The van der Waals surface area contributed by atoms with Gasteiger partial charge in [0, 0.05) is 12.1 Å². The zero-order valence-corrected chi connectivity index (χ0v) is 10.3. The third-order valence-electron chi connectivity index (χ3n) is 2.52. The number of benzene rings is 1. The summed E-state index contributed by atoms with van der Waals surface area (Å²) in [5, 5.41) is 18.3. The molecule has 0 radical (unpaired) electrons. The van der Waals surface area contributed by atoms with Crippen LogP contribution in [-0.2, 0) is 0 Å². The van der Waals surface area contributed by atoms with Crippen LogP contribution in [0.2, 0.25) is 0 Å². The van der Waals surface area contributed by atoms with Crippen LogP contribution in [0.15, 0.2) is 18.2 Å². The summed E-state index contributed by atoms with van der Waals surface area (Å²) in [7, 11) is 0. The predicted molar refractivity (Wildman–Crippen MR) is 62.4 cm³/mol. The van der Waals surface area contributed by atoms with Crippen molar-refractivity contribution >= 4 is 5.69 Å². The molecule has 0 aliphatic heterocycles. The van der Waals surface area contributed by atoms with E-state index in [1.165, 1.54) is 19.1 Å². The monoisotopic (exact) mass is 281 g/mol. The molecule has 0 aromatic heterocycles. The van der Waals surface area contributed by atoms with Crippen LogP contribution in [0.1, 0.15) is 18.6 Å². The van der Waals surface area contributed by atoms with Crippen LogP contribution in [0.25, 0.3) is 0 Å². The van der Waals surface area contributed by atoms with Crippen LogP contribution in [-0.4, -0.2) is 36.1 Å². The van der Waals surface area contributed by atoms with Crippen molar-refractivity contribution in [3.05, 3.63) is 29.6 Å². The molecule has 0 bridgehead atoms. The molecule has 108 valence electrons. The number of aliphatic hydroxyl groups is 2. The van der Waals surface area contributed by atoms with E-state index in [0.717, 1.165) is 6.07 Å². The molecule has 0 heterocycles. The van der Waals surface area contributed by atoms with Crippen molar-refractivity contribution in [2.45, 2.75) is 19.2 Å². The molecule has 1 atom stereocenters. The molecule has 0 spiro atoms. The fraction of sp³-hybridized carbons (Fsp3) is 0.500. The Bertz CT molecular complexity index is 421. The molecule has 0 amide bonds. The van der Waals surface area contributed by atoms with Crippen molar-refractivity contribution in [2.24, 2.45) is 0 Å². The van der Waals surface area contributed by atoms with Gasteiger partial charge >= 0.3 is 6.18 Å². The van der Waals surface area contributed by atoms with Gasteiger partial charge in [0.05, 0.1) is 18.4 Å². The first-order chi connectivity index (χ1) is 8.76.